The molecule has 9 heteroatoms. The van der Waals surface area contributed by atoms with Crippen molar-refractivity contribution in [3.63, 3.8) is 0 Å². The van der Waals surface area contributed by atoms with Gasteiger partial charge in [-0.1, -0.05) is 18.7 Å². The van der Waals surface area contributed by atoms with E-state index < -0.39 is 0 Å². The van der Waals surface area contributed by atoms with Gasteiger partial charge in [-0.05, 0) is 30.0 Å². The Kier molecular flexibility index (Phi) is 6.45. The molecule has 1 aliphatic rings. The zero-order chi connectivity index (χ0) is 19.8. The van der Waals surface area contributed by atoms with E-state index in [-0.39, 0.29) is 0 Å². The summed E-state index contributed by atoms with van der Waals surface area (Å²) < 4.78 is 0. The Labute approximate surface area is 167 Å². The minimum atomic E-state index is 0.431. The van der Waals surface area contributed by atoms with Gasteiger partial charge >= 0.3 is 0 Å². The number of nitrogens with zero attached hydrogens (tertiary/aromatic N) is 5. The van der Waals surface area contributed by atoms with Gasteiger partial charge in [0, 0.05) is 31.2 Å². The fourth-order valence-electron chi connectivity index (χ4n) is 2.43. The number of pyridine rings is 1. The molecule has 0 bridgehead atoms. The van der Waals surface area contributed by atoms with E-state index in [0.717, 1.165) is 17.1 Å². The molecule has 0 unspecified atom stereocenters. The Morgan fingerprint density at radius 1 is 1.18 bits per heavy atom. The van der Waals surface area contributed by atoms with Crippen molar-refractivity contribution >= 4 is 29.1 Å². The molecule has 0 radical (unpaired) electrons. The number of thioether (sulfide) groups is 1. The Balaban J connectivity index is 1.62. The first-order valence-corrected chi connectivity index (χ1v) is 9.56. The van der Waals surface area contributed by atoms with Crippen LogP contribution < -0.4 is 16.0 Å². The van der Waals surface area contributed by atoms with Crippen LogP contribution in [0, 0.1) is 22.7 Å². The van der Waals surface area contributed by atoms with E-state index in [1.807, 2.05) is 5.41 Å². The molecule has 28 heavy (non-hydrogen) atoms. The lowest BCUT2D eigenvalue weighted by molar-refractivity contribution is 0.950. The Morgan fingerprint density at radius 2 is 2.04 bits per heavy atom. The molecule has 1 aliphatic heterocycles. The average Bonchev–Trinajstić information content (AvgIpc) is 3.21. The van der Waals surface area contributed by atoms with Crippen LogP contribution in [0.4, 0.5) is 11.8 Å². The molecule has 3 rings (SSSR count). The average molecular weight is 390 g/mol. The SMILES string of the molecule is CCC1=CSC(=C(C#N)c2ccnc(NCCNc3ncccc3C#N)n2)N1. The molecule has 0 atom stereocenters. The number of hydrogen-bond donors (Lipinski definition) is 3. The molecule has 0 aromatic carbocycles. The van der Waals surface area contributed by atoms with Crippen LogP contribution in [-0.4, -0.2) is 28.0 Å². The summed E-state index contributed by atoms with van der Waals surface area (Å²) in [5.74, 6) is 0.974. The number of hydrogen-bond acceptors (Lipinski definition) is 9. The predicted molar refractivity (Wildman–Crippen MR) is 110 cm³/mol. The third-order valence-electron chi connectivity index (χ3n) is 3.85. The highest BCUT2D eigenvalue weighted by Gasteiger charge is 2.16. The van der Waals surface area contributed by atoms with Gasteiger partial charge in [-0.3, -0.25) is 0 Å². The smallest absolute Gasteiger partial charge is 0.223 e. The minimum absolute atomic E-state index is 0.431. The Bertz CT molecular complexity index is 999. The summed E-state index contributed by atoms with van der Waals surface area (Å²) >= 11 is 1.49. The van der Waals surface area contributed by atoms with Gasteiger partial charge in [0.05, 0.1) is 16.3 Å². The predicted octanol–water partition coefficient (Wildman–Crippen LogP) is 3.05. The summed E-state index contributed by atoms with van der Waals surface area (Å²) in [6, 6.07) is 9.47. The van der Waals surface area contributed by atoms with Crippen LogP contribution in [0.1, 0.15) is 24.6 Å². The van der Waals surface area contributed by atoms with Crippen LogP contribution in [0.2, 0.25) is 0 Å². The first-order valence-electron chi connectivity index (χ1n) is 8.68. The van der Waals surface area contributed by atoms with Crippen molar-refractivity contribution in [2.45, 2.75) is 13.3 Å². The first-order chi connectivity index (χ1) is 13.7. The summed E-state index contributed by atoms with van der Waals surface area (Å²) in [5, 5.41) is 30.9. The van der Waals surface area contributed by atoms with Gasteiger partial charge in [0.15, 0.2) is 0 Å². The molecule has 0 saturated heterocycles. The molecule has 0 spiro atoms. The van der Waals surface area contributed by atoms with Gasteiger partial charge in [0.1, 0.15) is 23.5 Å². The summed E-state index contributed by atoms with van der Waals surface area (Å²) in [4.78, 5) is 12.8. The van der Waals surface area contributed by atoms with Crippen molar-refractivity contribution in [3.05, 3.63) is 58.0 Å². The third-order valence-corrected chi connectivity index (χ3v) is 4.80. The minimum Gasteiger partial charge on any atom is -0.367 e. The van der Waals surface area contributed by atoms with Crippen LogP contribution in [0.3, 0.4) is 0 Å². The highest BCUT2D eigenvalue weighted by molar-refractivity contribution is 8.06. The van der Waals surface area contributed by atoms with Crippen molar-refractivity contribution in [1.82, 2.24) is 20.3 Å². The number of nitrogens with one attached hydrogen (secondary N) is 3. The highest BCUT2D eigenvalue weighted by Crippen LogP contribution is 2.31. The molecule has 3 N–H and O–H groups in total. The molecule has 0 aliphatic carbocycles. The zero-order valence-corrected chi connectivity index (χ0v) is 16.0. The molecular formula is C19H18N8S. The second-order valence-corrected chi connectivity index (χ2v) is 6.57. The molecular weight excluding hydrogens is 372 g/mol. The van der Waals surface area contributed by atoms with Crippen LogP contribution >= 0.6 is 11.8 Å². The first kappa shape index (κ1) is 19.2. The maximum Gasteiger partial charge on any atom is 0.223 e. The van der Waals surface area contributed by atoms with E-state index in [2.05, 4.69) is 50.0 Å². The lowest BCUT2D eigenvalue weighted by Gasteiger charge is -2.09. The second kappa shape index (κ2) is 9.40. The van der Waals surface area contributed by atoms with Crippen molar-refractivity contribution in [2.75, 3.05) is 23.7 Å². The fraction of sp³-hybridized carbons (Fsp3) is 0.211. The maximum absolute atomic E-state index is 9.57. The molecule has 3 heterocycles. The fourth-order valence-corrected chi connectivity index (χ4v) is 3.37. The van der Waals surface area contributed by atoms with Crippen molar-refractivity contribution in [2.24, 2.45) is 0 Å². The van der Waals surface area contributed by atoms with E-state index in [1.54, 1.807) is 30.6 Å². The van der Waals surface area contributed by atoms with Crippen LogP contribution in [0.5, 0.6) is 0 Å². The van der Waals surface area contributed by atoms with Crippen molar-refractivity contribution < 1.29 is 0 Å². The van der Waals surface area contributed by atoms with E-state index in [0.29, 0.717) is 41.7 Å². The number of aromatic nitrogens is 3. The van der Waals surface area contributed by atoms with Crippen LogP contribution in [-0.2, 0) is 0 Å². The van der Waals surface area contributed by atoms with Gasteiger partial charge in [-0.25, -0.2) is 15.0 Å². The summed E-state index contributed by atoms with van der Waals surface area (Å²) in [5.41, 5.74) is 2.62. The maximum atomic E-state index is 9.57. The number of allylic oxidation sites excluding steroid dienone is 2. The van der Waals surface area contributed by atoms with Crippen molar-refractivity contribution in [1.29, 1.82) is 10.5 Å². The number of nitriles is 2. The second-order valence-electron chi connectivity index (χ2n) is 5.69. The Morgan fingerprint density at radius 3 is 2.79 bits per heavy atom. The number of anilines is 2. The largest absolute Gasteiger partial charge is 0.367 e. The standard InChI is InChI=1S/C19H18N8S/c1-2-14-12-28-18(26-14)15(11-21)16-5-7-24-19(27-16)25-9-8-23-17-13(10-20)4-3-6-22-17/h3-7,12,26H,2,8-9H2,1H3,(H,22,23)(H,24,25,27). The lowest BCUT2D eigenvalue weighted by Crippen LogP contribution is -2.16. The van der Waals surface area contributed by atoms with Gasteiger partial charge in [-0.2, -0.15) is 10.5 Å². The van der Waals surface area contributed by atoms with E-state index in [4.69, 9.17) is 5.26 Å². The summed E-state index contributed by atoms with van der Waals surface area (Å²) in [6.07, 6.45) is 4.13. The Hall–Kier alpha value is -3.56. The van der Waals surface area contributed by atoms with Gasteiger partial charge in [-0.15, -0.1) is 0 Å². The van der Waals surface area contributed by atoms with Gasteiger partial charge in [0.25, 0.3) is 0 Å². The lowest BCUT2D eigenvalue weighted by atomic mass is 10.2. The van der Waals surface area contributed by atoms with Crippen LogP contribution in [0.25, 0.3) is 5.57 Å². The summed E-state index contributed by atoms with van der Waals surface area (Å²) in [6.45, 7) is 3.12. The molecule has 0 amide bonds. The normalized spacial score (nSPS) is 14.3. The monoisotopic (exact) mass is 390 g/mol. The van der Waals surface area contributed by atoms with Gasteiger partial charge < -0.3 is 16.0 Å². The molecule has 2 aromatic rings. The molecule has 8 nitrogen and oxygen atoms in total. The molecule has 140 valence electrons. The van der Waals surface area contributed by atoms with E-state index in [9.17, 15) is 5.26 Å². The van der Waals surface area contributed by atoms with Crippen LogP contribution in [0.15, 0.2) is 46.7 Å². The molecule has 0 saturated carbocycles. The molecule has 0 fully saturated rings. The van der Waals surface area contributed by atoms with E-state index >= 15 is 0 Å². The number of rotatable bonds is 7. The summed E-state index contributed by atoms with van der Waals surface area (Å²) in [7, 11) is 0. The van der Waals surface area contributed by atoms with E-state index in [1.165, 1.54) is 11.8 Å². The highest BCUT2D eigenvalue weighted by atomic mass is 32.2. The zero-order valence-electron chi connectivity index (χ0n) is 15.2. The quantitative estimate of drug-likeness (QED) is 0.483. The third kappa shape index (κ3) is 4.58. The topological polar surface area (TPSA) is 122 Å². The molecule has 2 aromatic heterocycles. The van der Waals surface area contributed by atoms with Crippen molar-refractivity contribution in [3.8, 4) is 12.1 Å². The van der Waals surface area contributed by atoms with Gasteiger partial charge in [0.2, 0.25) is 5.95 Å².